The molecule has 0 saturated carbocycles. The van der Waals surface area contributed by atoms with E-state index in [1.54, 1.807) is 18.2 Å². The quantitative estimate of drug-likeness (QED) is 0.441. The first-order chi connectivity index (χ1) is 12.7. The number of nitrogens with zero attached hydrogens (tertiary/aromatic N) is 1. The minimum absolute atomic E-state index is 0.408. The third-order valence-corrected chi connectivity index (χ3v) is 3.92. The van der Waals surface area contributed by atoms with Gasteiger partial charge in [-0.15, -0.1) is 0 Å². The molecule has 0 atom stereocenters. The van der Waals surface area contributed by atoms with Crippen molar-refractivity contribution < 1.29 is 14.4 Å². The van der Waals surface area contributed by atoms with Gasteiger partial charge in [-0.25, -0.2) is 0 Å². The fourth-order valence-corrected chi connectivity index (χ4v) is 2.74. The molecule has 0 heterocycles. The average Bonchev–Trinajstić information content (AvgIpc) is 2.66. The van der Waals surface area contributed by atoms with Crippen LogP contribution >= 0.6 is 0 Å². The summed E-state index contributed by atoms with van der Waals surface area (Å²) < 4.78 is 11.6. The van der Waals surface area contributed by atoms with E-state index in [4.69, 9.17) is 9.47 Å². The molecule has 0 aliphatic carbocycles. The molecule has 0 aliphatic heterocycles. The van der Waals surface area contributed by atoms with Gasteiger partial charge in [-0.05, 0) is 41.0 Å². The molecule has 0 bridgehead atoms. The van der Waals surface area contributed by atoms with E-state index in [1.807, 2.05) is 31.2 Å². The van der Waals surface area contributed by atoms with Gasteiger partial charge in [0.2, 0.25) is 6.20 Å². The molecule has 0 spiro atoms. The van der Waals surface area contributed by atoms with Gasteiger partial charge >= 0.3 is 0 Å². The summed E-state index contributed by atoms with van der Waals surface area (Å²) >= 11 is 0. The number of ether oxygens (including phenoxy) is 2. The van der Waals surface area contributed by atoms with Crippen molar-refractivity contribution in [2.75, 3.05) is 6.61 Å². The topological polar surface area (TPSA) is 61.6 Å². The lowest BCUT2D eigenvalue weighted by atomic mass is 10.1. The highest BCUT2D eigenvalue weighted by Gasteiger charge is 2.08. The van der Waals surface area contributed by atoms with E-state index in [0.29, 0.717) is 30.3 Å². The Hall–Kier alpha value is -3.34. The van der Waals surface area contributed by atoms with Crippen LogP contribution in [0.2, 0.25) is 0 Å². The summed E-state index contributed by atoms with van der Waals surface area (Å²) in [7, 11) is 0. The second kappa shape index (κ2) is 8.16. The van der Waals surface area contributed by atoms with E-state index in [1.165, 1.54) is 11.5 Å². The predicted molar refractivity (Wildman–Crippen MR) is 102 cm³/mol. The summed E-state index contributed by atoms with van der Waals surface area (Å²) in [6.07, 6.45) is 2.33. The molecule has 26 heavy (non-hydrogen) atoms. The third kappa shape index (κ3) is 4.19. The zero-order valence-electron chi connectivity index (χ0n) is 14.4. The molecule has 0 aliphatic rings. The molecule has 0 fully saturated rings. The van der Waals surface area contributed by atoms with Crippen LogP contribution in [0.25, 0.3) is 16.8 Å². The molecule has 0 aromatic heterocycles. The molecule has 0 unspecified atom stereocenters. The van der Waals surface area contributed by atoms with Crippen LogP contribution in [0.4, 0.5) is 0 Å². The van der Waals surface area contributed by atoms with Gasteiger partial charge in [0.05, 0.1) is 11.5 Å². The van der Waals surface area contributed by atoms with E-state index >= 15 is 0 Å². The lowest BCUT2D eigenvalue weighted by molar-refractivity contribution is -0.400. The Labute approximate surface area is 151 Å². The van der Waals surface area contributed by atoms with E-state index in [0.717, 1.165) is 17.1 Å². The van der Waals surface area contributed by atoms with Crippen molar-refractivity contribution in [2.24, 2.45) is 0 Å². The molecule has 5 nitrogen and oxygen atoms in total. The summed E-state index contributed by atoms with van der Waals surface area (Å²) in [5.41, 5.74) is 1.77. The number of benzene rings is 3. The molecule has 3 aromatic rings. The maximum Gasteiger partial charge on any atom is 0.235 e. The number of rotatable bonds is 7. The van der Waals surface area contributed by atoms with Crippen LogP contribution in [0, 0.1) is 10.1 Å². The zero-order valence-corrected chi connectivity index (χ0v) is 14.4. The number of hydrogen-bond donors (Lipinski definition) is 0. The first kappa shape index (κ1) is 17.5. The fraction of sp³-hybridized carbons (Fsp3) is 0.143. The van der Waals surface area contributed by atoms with Gasteiger partial charge in [0.1, 0.15) is 6.61 Å². The Morgan fingerprint density at radius 2 is 1.81 bits per heavy atom. The van der Waals surface area contributed by atoms with Crippen LogP contribution in [0.15, 0.2) is 66.9 Å². The summed E-state index contributed by atoms with van der Waals surface area (Å²) in [6.45, 7) is 2.77. The molecule has 3 aromatic carbocycles. The monoisotopic (exact) mass is 349 g/mol. The first-order valence-electron chi connectivity index (χ1n) is 8.35. The van der Waals surface area contributed by atoms with Crippen molar-refractivity contribution in [1.82, 2.24) is 0 Å². The second-order valence-corrected chi connectivity index (χ2v) is 5.67. The van der Waals surface area contributed by atoms with Gasteiger partial charge in [-0.1, -0.05) is 48.5 Å². The highest BCUT2D eigenvalue weighted by atomic mass is 16.6. The zero-order chi connectivity index (χ0) is 18.4. The molecular weight excluding hydrogens is 330 g/mol. The predicted octanol–water partition coefficient (Wildman–Crippen LogP) is 5.06. The van der Waals surface area contributed by atoms with Crippen molar-refractivity contribution >= 4 is 16.8 Å². The average molecular weight is 349 g/mol. The molecular formula is C21H19NO4. The normalized spacial score (nSPS) is 11.0. The lowest BCUT2D eigenvalue weighted by Gasteiger charge is -2.13. The van der Waals surface area contributed by atoms with E-state index in [-0.39, 0.29) is 0 Å². The number of nitro groups is 1. The van der Waals surface area contributed by atoms with Gasteiger partial charge in [-0.3, -0.25) is 10.1 Å². The van der Waals surface area contributed by atoms with Crippen LogP contribution in [-0.4, -0.2) is 11.5 Å². The largest absolute Gasteiger partial charge is 0.490 e. The van der Waals surface area contributed by atoms with E-state index < -0.39 is 4.92 Å². The van der Waals surface area contributed by atoms with Crippen LogP contribution < -0.4 is 9.47 Å². The van der Waals surface area contributed by atoms with Crippen molar-refractivity contribution in [3.63, 3.8) is 0 Å². The molecule has 5 heteroatoms. The van der Waals surface area contributed by atoms with Crippen molar-refractivity contribution in [3.05, 3.63) is 88.1 Å². The van der Waals surface area contributed by atoms with Crippen molar-refractivity contribution in [1.29, 1.82) is 0 Å². The summed E-state index contributed by atoms with van der Waals surface area (Å²) in [5, 5.41) is 12.8. The fourth-order valence-electron chi connectivity index (χ4n) is 2.74. The molecule has 0 radical (unpaired) electrons. The first-order valence-corrected chi connectivity index (χ1v) is 8.35. The van der Waals surface area contributed by atoms with Gasteiger partial charge in [0.25, 0.3) is 0 Å². The maximum absolute atomic E-state index is 10.5. The molecule has 0 N–H and O–H groups in total. The van der Waals surface area contributed by atoms with Crippen LogP contribution in [0.3, 0.4) is 0 Å². The van der Waals surface area contributed by atoms with Crippen molar-refractivity contribution in [2.45, 2.75) is 13.5 Å². The van der Waals surface area contributed by atoms with Crippen LogP contribution in [0.5, 0.6) is 11.5 Å². The SMILES string of the molecule is CCOc1cc(/C=C\[N+](=O)[O-])ccc1OCc1cccc2ccccc12. The summed E-state index contributed by atoms with van der Waals surface area (Å²) in [4.78, 5) is 9.98. The van der Waals surface area contributed by atoms with Crippen LogP contribution in [0.1, 0.15) is 18.1 Å². The third-order valence-electron chi connectivity index (χ3n) is 3.92. The van der Waals surface area contributed by atoms with Gasteiger partial charge in [0, 0.05) is 6.08 Å². The lowest BCUT2D eigenvalue weighted by Crippen LogP contribution is -2.00. The summed E-state index contributed by atoms with van der Waals surface area (Å²) in [6, 6.07) is 19.6. The number of hydrogen-bond acceptors (Lipinski definition) is 4. The van der Waals surface area contributed by atoms with Gasteiger partial charge < -0.3 is 9.47 Å². The standard InChI is InChI=1S/C21H19NO4/c1-2-25-21-14-16(12-13-22(23)24)10-11-20(21)26-15-18-8-5-7-17-6-3-4-9-19(17)18/h3-14H,2,15H2,1H3/b13-12-. The van der Waals surface area contributed by atoms with E-state index in [9.17, 15) is 10.1 Å². The van der Waals surface area contributed by atoms with Gasteiger partial charge in [0.15, 0.2) is 11.5 Å². The Morgan fingerprint density at radius 1 is 1.00 bits per heavy atom. The molecule has 132 valence electrons. The molecule has 0 saturated heterocycles. The minimum Gasteiger partial charge on any atom is -0.490 e. The van der Waals surface area contributed by atoms with E-state index in [2.05, 4.69) is 18.2 Å². The Bertz CT molecular complexity index is 944. The van der Waals surface area contributed by atoms with Crippen LogP contribution in [-0.2, 0) is 6.61 Å². The Balaban J connectivity index is 1.83. The highest BCUT2D eigenvalue weighted by Crippen LogP contribution is 2.30. The second-order valence-electron chi connectivity index (χ2n) is 5.67. The number of fused-ring (bicyclic) bond motifs is 1. The summed E-state index contributed by atoms with van der Waals surface area (Å²) in [5.74, 6) is 1.18. The smallest absolute Gasteiger partial charge is 0.235 e. The van der Waals surface area contributed by atoms with Crippen molar-refractivity contribution in [3.8, 4) is 11.5 Å². The maximum atomic E-state index is 10.5. The minimum atomic E-state index is -0.495. The Kier molecular flexibility index (Phi) is 5.49. The van der Waals surface area contributed by atoms with Gasteiger partial charge in [-0.2, -0.15) is 0 Å². The molecule has 3 rings (SSSR count). The molecule has 0 amide bonds. The highest BCUT2D eigenvalue weighted by molar-refractivity contribution is 5.85. The Morgan fingerprint density at radius 3 is 2.62 bits per heavy atom.